The Balaban J connectivity index is 1.88. The predicted octanol–water partition coefficient (Wildman–Crippen LogP) is 3.89. The first-order valence-corrected chi connectivity index (χ1v) is 8.41. The molecule has 1 atom stereocenters. The molecule has 5 nitrogen and oxygen atoms in total. The summed E-state index contributed by atoms with van der Waals surface area (Å²) in [6.07, 6.45) is 1.42. The highest BCUT2D eigenvalue weighted by molar-refractivity contribution is 6.12. The molecule has 0 bridgehead atoms. The molecule has 0 radical (unpaired) electrons. The van der Waals surface area contributed by atoms with E-state index >= 15 is 0 Å². The summed E-state index contributed by atoms with van der Waals surface area (Å²) in [5.41, 5.74) is 3.19. The maximum atomic E-state index is 13.3. The molecule has 1 aromatic heterocycles. The van der Waals surface area contributed by atoms with Crippen LogP contribution in [0, 0.1) is 0 Å². The van der Waals surface area contributed by atoms with Crippen molar-refractivity contribution >= 4 is 17.3 Å². The van der Waals surface area contributed by atoms with Gasteiger partial charge in [0.15, 0.2) is 6.17 Å². The van der Waals surface area contributed by atoms with Gasteiger partial charge in [0.05, 0.1) is 24.1 Å². The molecule has 130 valence electrons. The van der Waals surface area contributed by atoms with Gasteiger partial charge in [0, 0.05) is 18.9 Å². The van der Waals surface area contributed by atoms with Crippen LogP contribution in [0.25, 0.3) is 0 Å². The van der Waals surface area contributed by atoms with Crippen LogP contribution in [0.15, 0.2) is 72.9 Å². The van der Waals surface area contributed by atoms with E-state index in [9.17, 15) is 4.79 Å². The predicted molar refractivity (Wildman–Crippen MR) is 102 cm³/mol. The molecule has 0 aliphatic carbocycles. The second kappa shape index (κ2) is 6.52. The molecule has 1 amide bonds. The van der Waals surface area contributed by atoms with Gasteiger partial charge >= 0.3 is 0 Å². The van der Waals surface area contributed by atoms with Crippen LogP contribution in [0.3, 0.4) is 0 Å². The average molecular weight is 345 g/mol. The number of amides is 1. The lowest BCUT2D eigenvalue weighted by Gasteiger charge is -2.43. The minimum Gasteiger partial charge on any atom is -0.497 e. The van der Waals surface area contributed by atoms with Crippen LogP contribution in [-0.2, 0) is 0 Å². The monoisotopic (exact) mass is 345 g/mol. The minimum absolute atomic E-state index is 0.0421. The van der Waals surface area contributed by atoms with Crippen molar-refractivity contribution in [3.05, 3.63) is 84.2 Å². The summed E-state index contributed by atoms with van der Waals surface area (Å²) < 4.78 is 5.25. The summed E-state index contributed by atoms with van der Waals surface area (Å²) in [4.78, 5) is 21.7. The Morgan fingerprint density at radius 3 is 2.38 bits per heavy atom. The van der Waals surface area contributed by atoms with Crippen LogP contribution in [-0.4, -0.2) is 25.0 Å². The third-order valence-electron chi connectivity index (χ3n) is 4.65. The van der Waals surface area contributed by atoms with Crippen LogP contribution in [0.1, 0.15) is 22.2 Å². The Bertz CT molecular complexity index is 926. The quantitative estimate of drug-likeness (QED) is 0.722. The van der Waals surface area contributed by atoms with E-state index in [4.69, 9.17) is 4.74 Å². The molecule has 0 fully saturated rings. The zero-order valence-corrected chi connectivity index (χ0v) is 14.7. The van der Waals surface area contributed by atoms with Crippen LogP contribution >= 0.6 is 0 Å². The highest BCUT2D eigenvalue weighted by atomic mass is 16.5. The Morgan fingerprint density at radius 1 is 0.962 bits per heavy atom. The molecule has 0 saturated carbocycles. The number of ether oxygens (including phenoxy) is 1. The van der Waals surface area contributed by atoms with Crippen LogP contribution in [0.4, 0.5) is 11.4 Å². The number of aromatic nitrogens is 1. The minimum atomic E-state index is -0.327. The Kier molecular flexibility index (Phi) is 4.05. The van der Waals surface area contributed by atoms with Gasteiger partial charge in [0.1, 0.15) is 5.75 Å². The van der Waals surface area contributed by atoms with Gasteiger partial charge in [0.25, 0.3) is 5.91 Å². The number of rotatable bonds is 3. The molecule has 3 aromatic rings. The molecule has 0 N–H and O–H groups in total. The van der Waals surface area contributed by atoms with Gasteiger partial charge in [-0.15, -0.1) is 0 Å². The Hall–Kier alpha value is -3.34. The first-order valence-electron chi connectivity index (χ1n) is 8.41. The van der Waals surface area contributed by atoms with Gasteiger partial charge in [-0.2, -0.15) is 0 Å². The van der Waals surface area contributed by atoms with Crippen molar-refractivity contribution in [2.45, 2.75) is 6.17 Å². The van der Waals surface area contributed by atoms with Crippen molar-refractivity contribution in [3.63, 3.8) is 0 Å². The van der Waals surface area contributed by atoms with E-state index in [2.05, 4.69) is 9.88 Å². The summed E-state index contributed by atoms with van der Waals surface area (Å²) in [5.74, 6) is 0.709. The van der Waals surface area contributed by atoms with Crippen LogP contribution in [0.5, 0.6) is 5.75 Å². The van der Waals surface area contributed by atoms with Crippen LogP contribution < -0.4 is 14.5 Å². The maximum Gasteiger partial charge on any atom is 0.262 e. The lowest BCUT2D eigenvalue weighted by atomic mass is 10.0. The van der Waals surface area contributed by atoms with Crippen molar-refractivity contribution < 1.29 is 9.53 Å². The van der Waals surface area contributed by atoms with Crippen molar-refractivity contribution in [2.75, 3.05) is 24.0 Å². The smallest absolute Gasteiger partial charge is 0.262 e. The number of hydrogen-bond acceptors (Lipinski definition) is 4. The van der Waals surface area contributed by atoms with Crippen molar-refractivity contribution in [2.24, 2.45) is 0 Å². The molecular formula is C21H19N3O2. The highest BCUT2D eigenvalue weighted by Gasteiger charge is 2.38. The molecule has 0 unspecified atom stereocenters. The Labute approximate surface area is 152 Å². The second-order valence-corrected chi connectivity index (χ2v) is 6.13. The van der Waals surface area contributed by atoms with E-state index in [0.717, 1.165) is 22.8 Å². The summed E-state index contributed by atoms with van der Waals surface area (Å²) in [5, 5.41) is 0. The van der Waals surface area contributed by atoms with E-state index < -0.39 is 0 Å². The van der Waals surface area contributed by atoms with Gasteiger partial charge in [0.2, 0.25) is 0 Å². The van der Waals surface area contributed by atoms with Crippen molar-refractivity contribution in [1.82, 2.24) is 4.98 Å². The van der Waals surface area contributed by atoms with Gasteiger partial charge in [-0.1, -0.05) is 18.2 Å². The number of para-hydroxylation sites is 1. The molecule has 0 saturated heterocycles. The summed E-state index contributed by atoms with van der Waals surface area (Å²) in [6, 6.07) is 20.9. The third kappa shape index (κ3) is 2.58. The molecule has 0 spiro atoms. The van der Waals surface area contributed by atoms with E-state index in [0.29, 0.717) is 5.56 Å². The lowest BCUT2D eigenvalue weighted by molar-refractivity contribution is 0.0969. The summed E-state index contributed by atoms with van der Waals surface area (Å²) >= 11 is 0. The van der Waals surface area contributed by atoms with E-state index in [1.807, 2.05) is 73.8 Å². The topological polar surface area (TPSA) is 45.7 Å². The molecule has 1 aliphatic heterocycles. The molecule has 4 rings (SSSR count). The van der Waals surface area contributed by atoms with E-state index in [1.54, 1.807) is 18.2 Å². The van der Waals surface area contributed by atoms with Gasteiger partial charge in [-0.3, -0.25) is 14.7 Å². The van der Waals surface area contributed by atoms with Crippen molar-refractivity contribution in [1.29, 1.82) is 0 Å². The number of methoxy groups -OCH3 is 1. The summed E-state index contributed by atoms with van der Waals surface area (Å²) in [6.45, 7) is 0. The number of carbonyl (C=O) groups excluding carboxylic acids is 1. The number of nitrogens with zero attached hydrogens (tertiary/aromatic N) is 3. The number of anilines is 2. The standard InChI is InChI=1S/C21H19N3O2/c1-23-19-9-4-3-7-17(19)21(25)24(15-10-12-16(26-2)13-11-15)20(23)18-8-5-6-14-22-18/h3-14,20H,1-2H3/t20-/m0/s1. The fourth-order valence-electron chi connectivity index (χ4n) is 3.37. The second-order valence-electron chi connectivity index (χ2n) is 6.13. The number of fused-ring (bicyclic) bond motifs is 1. The number of carbonyl (C=O) groups is 1. The van der Waals surface area contributed by atoms with Crippen molar-refractivity contribution in [3.8, 4) is 5.75 Å². The zero-order valence-electron chi connectivity index (χ0n) is 14.7. The molecule has 2 aromatic carbocycles. The fraction of sp³-hybridized carbons (Fsp3) is 0.143. The SMILES string of the molecule is COc1ccc(N2C(=O)c3ccccc3N(C)[C@@H]2c2ccccn2)cc1. The first-order chi connectivity index (χ1) is 12.7. The lowest BCUT2D eigenvalue weighted by Crippen LogP contribution is -2.48. The average Bonchev–Trinajstić information content (AvgIpc) is 2.71. The maximum absolute atomic E-state index is 13.3. The molecule has 26 heavy (non-hydrogen) atoms. The largest absolute Gasteiger partial charge is 0.497 e. The molecular weight excluding hydrogens is 326 g/mol. The fourth-order valence-corrected chi connectivity index (χ4v) is 3.37. The molecule has 5 heteroatoms. The van der Waals surface area contributed by atoms with Gasteiger partial charge in [-0.05, 0) is 48.5 Å². The molecule has 2 heterocycles. The number of benzene rings is 2. The van der Waals surface area contributed by atoms with Gasteiger partial charge in [-0.25, -0.2) is 0 Å². The van der Waals surface area contributed by atoms with Gasteiger partial charge < -0.3 is 9.64 Å². The Morgan fingerprint density at radius 2 is 1.69 bits per heavy atom. The summed E-state index contributed by atoms with van der Waals surface area (Å²) in [7, 11) is 3.61. The highest BCUT2D eigenvalue weighted by Crippen LogP contribution is 2.40. The number of hydrogen-bond donors (Lipinski definition) is 0. The zero-order chi connectivity index (χ0) is 18.1. The normalized spacial score (nSPS) is 16.4. The first kappa shape index (κ1) is 16.1. The van der Waals surface area contributed by atoms with E-state index in [1.165, 1.54) is 0 Å². The number of pyridine rings is 1. The molecule has 1 aliphatic rings. The van der Waals surface area contributed by atoms with E-state index in [-0.39, 0.29) is 12.1 Å². The van der Waals surface area contributed by atoms with Crippen LogP contribution in [0.2, 0.25) is 0 Å². The third-order valence-corrected chi connectivity index (χ3v) is 4.65.